The van der Waals surface area contributed by atoms with Gasteiger partial charge in [-0.3, -0.25) is 4.79 Å². The molecule has 0 aromatic heterocycles. The van der Waals surface area contributed by atoms with Gasteiger partial charge < -0.3 is 9.64 Å². The van der Waals surface area contributed by atoms with Crippen molar-refractivity contribution >= 4 is 33.2 Å². The number of fused-ring (bicyclic) bond motifs is 1. The van der Waals surface area contributed by atoms with Gasteiger partial charge in [0.05, 0.1) is 30.4 Å². The van der Waals surface area contributed by atoms with Crippen molar-refractivity contribution in [2.75, 3.05) is 29.3 Å². The molecule has 3 rings (SSSR count). The summed E-state index contributed by atoms with van der Waals surface area (Å²) < 4.78 is 28.7. The van der Waals surface area contributed by atoms with Crippen LogP contribution in [-0.2, 0) is 14.6 Å². The van der Waals surface area contributed by atoms with Crippen molar-refractivity contribution in [2.45, 2.75) is 11.3 Å². The lowest BCUT2D eigenvalue weighted by molar-refractivity contribution is -0.116. The Labute approximate surface area is 122 Å². The normalized spacial score (nSPS) is 28.2. The first kappa shape index (κ1) is 13.8. The van der Waals surface area contributed by atoms with E-state index in [0.29, 0.717) is 11.5 Å². The molecule has 2 heterocycles. The number of benzene rings is 1. The second kappa shape index (κ2) is 4.96. The summed E-state index contributed by atoms with van der Waals surface area (Å²) in [5.74, 6) is 1.25. The van der Waals surface area contributed by atoms with E-state index in [2.05, 4.69) is 0 Å². The molecule has 1 aromatic carbocycles. The van der Waals surface area contributed by atoms with E-state index < -0.39 is 9.84 Å². The quantitative estimate of drug-likeness (QED) is 0.813. The van der Waals surface area contributed by atoms with E-state index in [9.17, 15) is 13.2 Å². The molecule has 0 spiro atoms. The molecule has 2 aliphatic heterocycles. The number of carbonyl (C=O) groups excluding carboxylic acids is 1. The summed E-state index contributed by atoms with van der Waals surface area (Å²) in [6.07, 6.45) is 0. The fraction of sp³-hybridized carbons (Fsp3) is 0.462. The van der Waals surface area contributed by atoms with Crippen LogP contribution >= 0.6 is 11.8 Å². The number of amides is 1. The van der Waals surface area contributed by atoms with Crippen molar-refractivity contribution in [2.24, 2.45) is 0 Å². The molecule has 1 aromatic rings. The smallest absolute Gasteiger partial charge is 0.237 e. The summed E-state index contributed by atoms with van der Waals surface area (Å²) in [5, 5.41) is -0.0141. The zero-order valence-electron chi connectivity index (χ0n) is 11.0. The van der Waals surface area contributed by atoms with Gasteiger partial charge in [0.25, 0.3) is 0 Å². The molecule has 0 unspecified atom stereocenters. The molecule has 1 amide bonds. The fourth-order valence-electron chi connectivity index (χ4n) is 2.71. The molecule has 0 N–H and O–H groups in total. The van der Waals surface area contributed by atoms with Crippen LogP contribution in [-0.4, -0.2) is 50.0 Å². The lowest BCUT2D eigenvalue weighted by atomic mass is 10.1. The molecular formula is C13H15NO4S2. The van der Waals surface area contributed by atoms with E-state index in [1.165, 1.54) is 11.8 Å². The average Bonchev–Trinajstić information content (AvgIpc) is 2.73. The molecular weight excluding hydrogens is 298 g/mol. The van der Waals surface area contributed by atoms with Crippen molar-refractivity contribution in [1.29, 1.82) is 0 Å². The van der Waals surface area contributed by atoms with Crippen LogP contribution in [0.15, 0.2) is 24.3 Å². The minimum atomic E-state index is -3.05. The predicted molar refractivity (Wildman–Crippen MR) is 79.2 cm³/mol. The van der Waals surface area contributed by atoms with Crippen LogP contribution in [0.4, 0.5) is 5.69 Å². The first-order chi connectivity index (χ1) is 9.50. The van der Waals surface area contributed by atoms with Gasteiger partial charge in [0.15, 0.2) is 9.84 Å². The van der Waals surface area contributed by atoms with Crippen LogP contribution in [0.3, 0.4) is 0 Å². The molecule has 2 atom stereocenters. The third-order valence-electron chi connectivity index (χ3n) is 3.64. The number of hydrogen-bond acceptors (Lipinski definition) is 5. The van der Waals surface area contributed by atoms with Crippen LogP contribution in [0.5, 0.6) is 5.75 Å². The van der Waals surface area contributed by atoms with Crippen molar-refractivity contribution in [3.05, 3.63) is 24.3 Å². The highest BCUT2D eigenvalue weighted by Gasteiger charge is 2.46. The number of methoxy groups -OCH3 is 1. The third kappa shape index (κ3) is 2.40. The number of ether oxygens (including phenoxy) is 1. The zero-order chi connectivity index (χ0) is 14.3. The number of carbonyl (C=O) groups is 1. The second-order valence-electron chi connectivity index (χ2n) is 4.96. The minimum Gasteiger partial charge on any atom is -0.497 e. The van der Waals surface area contributed by atoms with Gasteiger partial charge in [-0.05, 0) is 24.3 Å². The van der Waals surface area contributed by atoms with E-state index in [-0.39, 0.29) is 28.7 Å². The van der Waals surface area contributed by atoms with Crippen molar-refractivity contribution in [3.63, 3.8) is 0 Å². The van der Waals surface area contributed by atoms with E-state index >= 15 is 0 Å². The van der Waals surface area contributed by atoms with Gasteiger partial charge in [-0.1, -0.05) is 0 Å². The number of thioether (sulfide) groups is 1. The predicted octanol–water partition coefficient (Wildman–Crippen LogP) is 0.941. The zero-order valence-corrected chi connectivity index (χ0v) is 12.6. The third-order valence-corrected chi connectivity index (χ3v) is 6.89. The molecule has 20 heavy (non-hydrogen) atoms. The van der Waals surface area contributed by atoms with Crippen LogP contribution < -0.4 is 9.64 Å². The lowest BCUT2D eigenvalue weighted by Gasteiger charge is -2.36. The summed E-state index contributed by atoms with van der Waals surface area (Å²) >= 11 is 1.46. The van der Waals surface area contributed by atoms with Gasteiger partial charge in [-0.2, -0.15) is 0 Å². The molecule has 2 saturated heterocycles. The average molecular weight is 313 g/mol. The summed E-state index contributed by atoms with van der Waals surface area (Å²) in [6, 6.07) is 6.91. The van der Waals surface area contributed by atoms with E-state index in [4.69, 9.17) is 4.74 Å². The molecule has 7 heteroatoms. The highest BCUT2D eigenvalue weighted by Crippen LogP contribution is 2.36. The number of rotatable bonds is 2. The maximum atomic E-state index is 12.2. The Kier molecular flexibility index (Phi) is 3.41. The lowest BCUT2D eigenvalue weighted by Crippen LogP contribution is -2.50. The molecule has 0 saturated carbocycles. The van der Waals surface area contributed by atoms with Gasteiger partial charge in [0, 0.05) is 10.9 Å². The largest absolute Gasteiger partial charge is 0.497 e. The Balaban J connectivity index is 1.94. The van der Waals surface area contributed by atoms with E-state index in [0.717, 1.165) is 5.69 Å². The molecule has 5 nitrogen and oxygen atoms in total. The van der Waals surface area contributed by atoms with Gasteiger partial charge in [0.2, 0.25) is 5.91 Å². The number of sulfone groups is 1. The Hall–Kier alpha value is -1.21. The Morgan fingerprint density at radius 1 is 1.25 bits per heavy atom. The molecule has 2 aliphatic rings. The molecule has 0 radical (unpaired) electrons. The highest BCUT2D eigenvalue weighted by molar-refractivity contribution is 8.02. The second-order valence-corrected chi connectivity index (χ2v) is 8.34. The maximum absolute atomic E-state index is 12.2. The number of anilines is 1. The van der Waals surface area contributed by atoms with Gasteiger partial charge >= 0.3 is 0 Å². The van der Waals surface area contributed by atoms with Gasteiger partial charge in [-0.25, -0.2) is 8.42 Å². The Morgan fingerprint density at radius 3 is 2.60 bits per heavy atom. The molecule has 108 valence electrons. The van der Waals surface area contributed by atoms with Crippen molar-refractivity contribution < 1.29 is 17.9 Å². The molecule has 2 fully saturated rings. The topological polar surface area (TPSA) is 63.7 Å². The minimum absolute atomic E-state index is 0.0141. The van der Waals surface area contributed by atoms with Gasteiger partial charge in [0.1, 0.15) is 5.75 Å². The van der Waals surface area contributed by atoms with Crippen LogP contribution in [0.1, 0.15) is 0 Å². The standard InChI is InChI=1S/C13H15NO4S2/c1-18-10-4-2-9(3-5-10)14-11-7-20(16,17)8-12(11)19-6-13(14)15/h2-5,11-12H,6-8H2,1H3/t11-,12-/m0/s1. The van der Waals surface area contributed by atoms with Crippen LogP contribution in [0, 0.1) is 0 Å². The number of nitrogens with zero attached hydrogens (tertiary/aromatic N) is 1. The number of hydrogen-bond donors (Lipinski definition) is 0. The maximum Gasteiger partial charge on any atom is 0.237 e. The van der Waals surface area contributed by atoms with E-state index in [1.54, 1.807) is 36.3 Å². The van der Waals surface area contributed by atoms with Crippen LogP contribution in [0.2, 0.25) is 0 Å². The summed E-state index contributed by atoms with van der Waals surface area (Å²) in [7, 11) is -1.46. The highest BCUT2D eigenvalue weighted by atomic mass is 32.2. The fourth-order valence-corrected chi connectivity index (χ4v) is 6.53. The van der Waals surface area contributed by atoms with Crippen molar-refractivity contribution in [1.82, 2.24) is 0 Å². The summed E-state index contributed by atoms with van der Waals surface area (Å²) in [4.78, 5) is 13.8. The summed E-state index contributed by atoms with van der Waals surface area (Å²) in [6.45, 7) is 0. The first-order valence-electron chi connectivity index (χ1n) is 6.28. The van der Waals surface area contributed by atoms with E-state index in [1.807, 2.05) is 0 Å². The van der Waals surface area contributed by atoms with Gasteiger partial charge in [-0.15, -0.1) is 11.8 Å². The first-order valence-corrected chi connectivity index (χ1v) is 9.15. The SMILES string of the molecule is COc1ccc(N2C(=O)CS[C@H]3CS(=O)(=O)C[C@@H]32)cc1. The monoisotopic (exact) mass is 313 g/mol. The molecule has 0 aliphatic carbocycles. The molecule has 0 bridgehead atoms. The Morgan fingerprint density at radius 2 is 1.95 bits per heavy atom. The summed E-state index contributed by atoms with van der Waals surface area (Å²) in [5.41, 5.74) is 0.739. The van der Waals surface area contributed by atoms with Crippen molar-refractivity contribution in [3.8, 4) is 5.75 Å². The Bertz CT molecular complexity index is 626. The van der Waals surface area contributed by atoms with Crippen LogP contribution in [0.25, 0.3) is 0 Å².